The van der Waals surface area contributed by atoms with Crippen molar-refractivity contribution in [3.8, 4) is 0 Å². The van der Waals surface area contributed by atoms with Crippen molar-refractivity contribution in [3.63, 3.8) is 0 Å². The molecule has 1 unspecified atom stereocenters. The fraction of sp³-hybridized carbons (Fsp3) is 0.300. The van der Waals surface area contributed by atoms with Crippen LogP contribution in [0.25, 0.3) is 0 Å². The molecule has 0 fully saturated rings. The molecule has 3 nitrogen and oxygen atoms in total. The Kier molecular flexibility index (Phi) is 2.63. The van der Waals surface area contributed by atoms with Crippen LogP contribution in [0.3, 0.4) is 0 Å². The summed E-state index contributed by atoms with van der Waals surface area (Å²) in [6.45, 7) is 2.01. The first-order valence-electron chi connectivity index (χ1n) is 4.50. The summed E-state index contributed by atoms with van der Waals surface area (Å²) in [4.78, 5) is 19.8. The predicted molar refractivity (Wildman–Crippen MR) is 59.8 cm³/mol. The molecule has 0 bridgehead atoms. The SMILES string of the molecule is CCSC1=NC(=O)C2C=CC=CC2=N1. The molecule has 72 valence electrons. The largest absolute Gasteiger partial charge is 0.271 e. The highest BCUT2D eigenvalue weighted by Gasteiger charge is 2.25. The first-order chi connectivity index (χ1) is 6.81. The number of allylic oxidation sites excluding steroid dienone is 3. The van der Waals surface area contributed by atoms with Gasteiger partial charge in [-0.25, -0.2) is 4.99 Å². The van der Waals surface area contributed by atoms with Gasteiger partial charge in [0.1, 0.15) is 5.92 Å². The van der Waals surface area contributed by atoms with Gasteiger partial charge in [0.05, 0.1) is 5.71 Å². The van der Waals surface area contributed by atoms with Crippen LogP contribution in [-0.4, -0.2) is 22.5 Å². The molecular formula is C10H10N2OS. The maximum absolute atomic E-state index is 11.5. The smallest absolute Gasteiger partial charge is 0.261 e. The third-order valence-electron chi connectivity index (χ3n) is 1.97. The van der Waals surface area contributed by atoms with E-state index in [1.54, 1.807) is 0 Å². The van der Waals surface area contributed by atoms with E-state index in [0.717, 1.165) is 11.5 Å². The normalized spacial score (nSPS) is 24.4. The van der Waals surface area contributed by atoms with Gasteiger partial charge in [-0.05, 0) is 11.8 Å². The van der Waals surface area contributed by atoms with Gasteiger partial charge in [0.2, 0.25) is 0 Å². The van der Waals surface area contributed by atoms with Gasteiger partial charge < -0.3 is 0 Å². The van der Waals surface area contributed by atoms with Gasteiger partial charge in [0.15, 0.2) is 5.17 Å². The molecule has 0 N–H and O–H groups in total. The minimum absolute atomic E-state index is 0.105. The fourth-order valence-corrected chi connectivity index (χ4v) is 1.92. The molecule has 1 aliphatic carbocycles. The Bertz CT molecular complexity index is 380. The number of fused-ring (bicyclic) bond motifs is 1. The quantitative estimate of drug-likeness (QED) is 0.656. The lowest BCUT2D eigenvalue weighted by Crippen LogP contribution is -2.26. The van der Waals surface area contributed by atoms with Crippen molar-refractivity contribution in [1.82, 2.24) is 0 Å². The number of amidine groups is 1. The molecule has 1 amide bonds. The Hall–Kier alpha value is -1.16. The van der Waals surface area contributed by atoms with Gasteiger partial charge in [-0.1, -0.05) is 36.9 Å². The van der Waals surface area contributed by atoms with Crippen molar-refractivity contribution in [2.24, 2.45) is 15.9 Å². The minimum atomic E-state index is -0.249. The average Bonchev–Trinajstić information content (AvgIpc) is 2.18. The van der Waals surface area contributed by atoms with E-state index in [0.29, 0.717) is 5.17 Å². The third kappa shape index (κ3) is 1.70. The van der Waals surface area contributed by atoms with Crippen LogP contribution in [0.15, 0.2) is 34.3 Å². The monoisotopic (exact) mass is 206 g/mol. The molecule has 14 heavy (non-hydrogen) atoms. The number of carbonyl (C=O) groups is 1. The van der Waals surface area contributed by atoms with Gasteiger partial charge in [0.25, 0.3) is 5.91 Å². The van der Waals surface area contributed by atoms with Crippen LogP contribution in [0.2, 0.25) is 0 Å². The fourth-order valence-electron chi connectivity index (χ4n) is 1.34. The predicted octanol–water partition coefficient (Wildman–Crippen LogP) is 1.82. The van der Waals surface area contributed by atoms with Gasteiger partial charge in [0, 0.05) is 0 Å². The number of aliphatic imine (C=N–C) groups is 2. The number of amides is 1. The van der Waals surface area contributed by atoms with Gasteiger partial charge in [-0.15, -0.1) is 0 Å². The summed E-state index contributed by atoms with van der Waals surface area (Å²) in [6, 6.07) is 0. The first kappa shape index (κ1) is 9.40. The molecule has 0 radical (unpaired) electrons. The maximum Gasteiger partial charge on any atom is 0.261 e. The standard InChI is InChI=1S/C10H10N2OS/c1-2-14-10-11-8-6-4-3-5-7(8)9(13)12-10/h3-7H,2H2,1H3. The van der Waals surface area contributed by atoms with Crippen LogP contribution in [0.5, 0.6) is 0 Å². The topological polar surface area (TPSA) is 41.8 Å². The number of hydrogen-bond acceptors (Lipinski definition) is 3. The summed E-state index contributed by atoms with van der Waals surface area (Å²) in [7, 11) is 0. The zero-order valence-corrected chi connectivity index (χ0v) is 8.62. The van der Waals surface area contributed by atoms with E-state index in [1.807, 2.05) is 31.2 Å². The zero-order chi connectivity index (χ0) is 9.97. The van der Waals surface area contributed by atoms with Crippen molar-refractivity contribution in [1.29, 1.82) is 0 Å². The molecule has 0 aromatic rings. The van der Waals surface area contributed by atoms with Crippen LogP contribution in [0.4, 0.5) is 0 Å². The number of thioether (sulfide) groups is 1. The zero-order valence-electron chi connectivity index (χ0n) is 7.80. The van der Waals surface area contributed by atoms with E-state index in [4.69, 9.17) is 0 Å². The Labute approximate surface area is 86.7 Å². The van der Waals surface area contributed by atoms with Crippen LogP contribution in [0.1, 0.15) is 6.92 Å². The minimum Gasteiger partial charge on any atom is -0.271 e. The highest BCUT2D eigenvalue weighted by molar-refractivity contribution is 8.13. The Morgan fingerprint density at radius 2 is 2.29 bits per heavy atom. The molecule has 0 saturated heterocycles. The Morgan fingerprint density at radius 3 is 3.07 bits per heavy atom. The third-order valence-corrected chi connectivity index (χ3v) is 2.70. The molecular weight excluding hydrogens is 196 g/mol. The lowest BCUT2D eigenvalue weighted by atomic mass is 9.97. The summed E-state index contributed by atoms with van der Waals surface area (Å²) in [5.74, 6) is 0.528. The molecule has 0 aromatic heterocycles. The van der Waals surface area contributed by atoms with E-state index >= 15 is 0 Å². The van der Waals surface area contributed by atoms with Crippen molar-refractivity contribution in [2.45, 2.75) is 6.92 Å². The molecule has 0 aromatic carbocycles. The second-order valence-corrected chi connectivity index (χ2v) is 4.16. The van der Waals surface area contributed by atoms with E-state index in [1.165, 1.54) is 11.8 Å². The second kappa shape index (κ2) is 3.92. The molecule has 1 heterocycles. The lowest BCUT2D eigenvalue weighted by Gasteiger charge is -2.16. The highest BCUT2D eigenvalue weighted by atomic mass is 32.2. The first-order valence-corrected chi connectivity index (χ1v) is 5.48. The van der Waals surface area contributed by atoms with E-state index in [2.05, 4.69) is 9.98 Å². The molecule has 1 aliphatic heterocycles. The summed E-state index contributed by atoms with van der Waals surface area (Å²) in [5.41, 5.74) is 0.809. The van der Waals surface area contributed by atoms with Gasteiger partial charge in [-0.2, -0.15) is 4.99 Å². The van der Waals surface area contributed by atoms with E-state index < -0.39 is 0 Å². The second-order valence-electron chi connectivity index (χ2n) is 2.92. The van der Waals surface area contributed by atoms with Crippen LogP contribution in [-0.2, 0) is 4.79 Å². The van der Waals surface area contributed by atoms with Crippen LogP contribution in [0, 0.1) is 5.92 Å². The molecule has 2 aliphatic rings. The number of hydrogen-bond donors (Lipinski definition) is 0. The van der Waals surface area contributed by atoms with Crippen LogP contribution >= 0.6 is 11.8 Å². The molecule has 0 spiro atoms. The summed E-state index contributed by atoms with van der Waals surface area (Å²) in [6.07, 6.45) is 7.45. The maximum atomic E-state index is 11.5. The van der Waals surface area contributed by atoms with Gasteiger partial charge in [-0.3, -0.25) is 4.79 Å². The van der Waals surface area contributed by atoms with Crippen molar-refractivity contribution in [3.05, 3.63) is 24.3 Å². The summed E-state index contributed by atoms with van der Waals surface area (Å²) < 4.78 is 0. The molecule has 1 atom stereocenters. The summed E-state index contributed by atoms with van der Waals surface area (Å²) >= 11 is 1.50. The molecule has 4 heteroatoms. The summed E-state index contributed by atoms with van der Waals surface area (Å²) in [5, 5.41) is 0.587. The van der Waals surface area contributed by atoms with Crippen molar-refractivity contribution >= 4 is 28.5 Å². The number of rotatable bonds is 1. The van der Waals surface area contributed by atoms with Crippen molar-refractivity contribution < 1.29 is 4.79 Å². The van der Waals surface area contributed by atoms with E-state index in [-0.39, 0.29) is 11.8 Å². The lowest BCUT2D eigenvalue weighted by molar-refractivity contribution is -0.118. The van der Waals surface area contributed by atoms with Crippen molar-refractivity contribution in [2.75, 3.05) is 5.75 Å². The number of nitrogens with zero attached hydrogens (tertiary/aromatic N) is 2. The van der Waals surface area contributed by atoms with Gasteiger partial charge >= 0.3 is 0 Å². The average molecular weight is 206 g/mol. The van der Waals surface area contributed by atoms with Crippen LogP contribution < -0.4 is 0 Å². The Balaban J connectivity index is 2.29. The molecule has 0 saturated carbocycles. The van der Waals surface area contributed by atoms with E-state index in [9.17, 15) is 4.79 Å². The molecule has 2 rings (SSSR count). The number of carbonyl (C=O) groups excluding carboxylic acids is 1. The highest BCUT2D eigenvalue weighted by Crippen LogP contribution is 2.19. The Morgan fingerprint density at radius 1 is 1.43 bits per heavy atom.